The smallest absolute Gasteiger partial charge is 0.255 e. The molecule has 1 aliphatic rings. The van der Waals surface area contributed by atoms with E-state index in [1.807, 2.05) is 37.3 Å². The maximum absolute atomic E-state index is 13.3. The molecule has 8 heteroatoms. The summed E-state index contributed by atoms with van der Waals surface area (Å²) in [7, 11) is 4.63. The second-order valence-corrected chi connectivity index (χ2v) is 8.68. The number of anilines is 1. The topological polar surface area (TPSA) is 77.1 Å². The van der Waals surface area contributed by atoms with Crippen molar-refractivity contribution in [1.82, 2.24) is 4.90 Å². The van der Waals surface area contributed by atoms with Crippen LogP contribution in [0.15, 0.2) is 54.6 Å². The summed E-state index contributed by atoms with van der Waals surface area (Å²) >= 11 is 6.21. The predicted octanol–water partition coefficient (Wildman–Crippen LogP) is 5.40. The minimum Gasteiger partial charge on any atom is -0.495 e. The van der Waals surface area contributed by atoms with Crippen LogP contribution in [0.3, 0.4) is 0 Å². The van der Waals surface area contributed by atoms with Crippen molar-refractivity contribution in [1.29, 1.82) is 0 Å². The molecule has 1 aliphatic heterocycles. The first-order chi connectivity index (χ1) is 16.9. The molecule has 2 amide bonds. The van der Waals surface area contributed by atoms with Crippen molar-refractivity contribution in [2.24, 2.45) is 0 Å². The fraction of sp³-hybridized carbons (Fsp3) is 0.259. The lowest BCUT2D eigenvalue weighted by Gasteiger charge is -2.28. The maximum atomic E-state index is 13.3. The zero-order valence-electron chi connectivity index (χ0n) is 20.1. The molecule has 0 aliphatic carbocycles. The molecule has 182 valence electrons. The van der Waals surface area contributed by atoms with Crippen molar-refractivity contribution in [2.75, 3.05) is 26.6 Å². The van der Waals surface area contributed by atoms with Gasteiger partial charge in [-0.15, -0.1) is 0 Å². The molecule has 4 rings (SSSR count). The molecule has 0 saturated heterocycles. The largest absolute Gasteiger partial charge is 0.495 e. The van der Waals surface area contributed by atoms with Crippen LogP contribution in [0.4, 0.5) is 5.69 Å². The summed E-state index contributed by atoms with van der Waals surface area (Å²) < 4.78 is 16.2. The summed E-state index contributed by atoms with van der Waals surface area (Å²) in [6.07, 6.45) is 0.0278. The van der Waals surface area contributed by atoms with Crippen LogP contribution in [-0.4, -0.2) is 38.0 Å². The van der Waals surface area contributed by atoms with Gasteiger partial charge in [0.05, 0.1) is 39.5 Å². The fourth-order valence-electron chi connectivity index (χ4n) is 4.30. The molecule has 0 unspecified atom stereocenters. The third-order valence-electron chi connectivity index (χ3n) is 6.15. The lowest BCUT2D eigenvalue weighted by atomic mass is 10.0. The second kappa shape index (κ2) is 10.3. The molecule has 0 aromatic heterocycles. The quantitative estimate of drug-likeness (QED) is 0.453. The van der Waals surface area contributed by atoms with E-state index in [-0.39, 0.29) is 18.2 Å². The number of amides is 2. The van der Waals surface area contributed by atoms with Gasteiger partial charge in [0.15, 0.2) is 11.5 Å². The number of ether oxygens (including phenoxy) is 3. The first-order valence-corrected chi connectivity index (χ1v) is 11.5. The standard InChI is InChI=1S/C27H27ClN2O5/c1-16-11-21(24(34-3)13-20(16)28)29-26(31)14-22(17-9-10-23(33-2)25(12-17)35-4)30-15-18-7-5-6-8-19(18)27(30)32/h5-13,22H,14-15H2,1-4H3,(H,29,31)/t22-/m0/s1. The first kappa shape index (κ1) is 24.4. The van der Waals surface area contributed by atoms with Gasteiger partial charge in [0.25, 0.3) is 5.91 Å². The number of hydrogen-bond acceptors (Lipinski definition) is 5. The normalized spacial score (nSPS) is 13.3. The number of nitrogens with one attached hydrogen (secondary N) is 1. The van der Waals surface area contributed by atoms with Gasteiger partial charge in [-0.25, -0.2) is 0 Å². The molecule has 1 heterocycles. The molecule has 0 fully saturated rings. The van der Waals surface area contributed by atoms with E-state index in [4.69, 9.17) is 25.8 Å². The molecule has 0 saturated carbocycles. The van der Waals surface area contributed by atoms with E-state index >= 15 is 0 Å². The van der Waals surface area contributed by atoms with Crippen LogP contribution < -0.4 is 19.5 Å². The highest BCUT2D eigenvalue weighted by Gasteiger charge is 2.35. The van der Waals surface area contributed by atoms with Gasteiger partial charge in [-0.3, -0.25) is 9.59 Å². The van der Waals surface area contributed by atoms with E-state index in [0.717, 1.165) is 16.7 Å². The van der Waals surface area contributed by atoms with Crippen LogP contribution in [0.2, 0.25) is 5.02 Å². The van der Waals surface area contributed by atoms with E-state index in [0.29, 0.717) is 40.1 Å². The molecular formula is C27H27ClN2O5. The second-order valence-electron chi connectivity index (χ2n) is 8.27. The molecule has 0 spiro atoms. The number of benzene rings is 3. The van der Waals surface area contributed by atoms with Crippen molar-refractivity contribution in [3.05, 3.63) is 81.9 Å². The van der Waals surface area contributed by atoms with Gasteiger partial charge in [-0.1, -0.05) is 35.9 Å². The average Bonchev–Trinajstić information content (AvgIpc) is 3.20. The molecule has 0 radical (unpaired) electrons. The number of hydrogen-bond donors (Lipinski definition) is 1. The van der Waals surface area contributed by atoms with Crippen molar-refractivity contribution < 1.29 is 23.8 Å². The van der Waals surface area contributed by atoms with Crippen LogP contribution in [-0.2, 0) is 11.3 Å². The zero-order chi connectivity index (χ0) is 25.1. The highest BCUT2D eigenvalue weighted by atomic mass is 35.5. The Morgan fingerprint density at radius 3 is 2.40 bits per heavy atom. The number of rotatable bonds is 8. The van der Waals surface area contributed by atoms with E-state index in [9.17, 15) is 9.59 Å². The Bertz CT molecular complexity index is 1280. The molecule has 1 atom stereocenters. The molecule has 0 bridgehead atoms. The minimum atomic E-state index is -0.533. The Labute approximate surface area is 209 Å². The fourth-order valence-corrected chi connectivity index (χ4v) is 4.46. The summed E-state index contributed by atoms with van der Waals surface area (Å²) in [6.45, 7) is 2.26. The lowest BCUT2D eigenvalue weighted by molar-refractivity contribution is -0.117. The van der Waals surface area contributed by atoms with Crippen LogP contribution in [0.5, 0.6) is 17.2 Å². The van der Waals surface area contributed by atoms with Crippen LogP contribution in [0, 0.1) is 6.92 Å². The predicted molar refractivity (Wildman–Crippen MR) is 135 cm³/mol. The van der Waals surface area contributed by atoms with Gasteiger partial charge in [-0.05, 0) is 47.9 Å². The first-order valence-electron chi connectivity index (χ1n) is 11.1. The molecule has 3 aromatic carbocycles. The highest BCUT2D eigenvalue weighted by molar-refractivity contribution is 6.31. The molecule has 3 aromatic rings. The Kier molecular flexibility index (Phi) is 7.17. The van der Waals surface area contributed by atoms with Crippen molar-refractivity contribution in [2.45, 2.75) is 25.9 Å². The van der Waals surface area contributed by atoms with E-state index in [1.165, 1.54) is 7.11 Å². The van der Waals surface area contributed by atoms with Crippen molar-refractivity contribution in [3.8, 4) is 17.2 Å². The molecule has 7 nitrogen and oxygen atoms in total. The van der Waals surface area contributed by atoms with E-state index < -0.39 is 6.04 Å². The summed E-state index contributed by atoms with van der Waals surface area (Å²) in [5.74, 6) is 1.16. The highest BCUT2D eigenvalue weighted by Crippen LogP contribution is 2.38. The number of nitrogens with zero attached hydrogens (tertiary/aromatic N) is 1. The monoisotopic (exact) mass is 494 g/mol. The zero-order valence-corrected chi connectivity index (χ0v) is 20.8. The third-order valence-corrected chi connectivity index (χ3v) is 6.56. The molecule has 1 N–H and O–H groups in total. The van der Waals surface area contributed by atoms with Crippen LogP contribution in [0.1, 0.15) is 39.5 Å². The van der Waals surface area contributed by atoms with Crippen molar-refractivity contribution >= 4 is 29.1 Å². The average molecular weight is 495 g/mol. The minimum absolute atomic E-state index is 0.0278. The van der Waals surface area contributed by atoms with Gasteiger partial charge in [0.1, 0.15) is 5.75 Å². The number of fused-ring (bicyclic) bond motifs is 1. The summed E-state index contributed by atoms with van der Waals surface area (Å²) in [5.41, 5.74) is 3.66. The van der Waals surface area contributed by atoms with Gasteiger partial charge in [0.2, 0.25) is 5.91 Å². The van der Waals surface area contributed by atoms with Crippen molar-refractivity contribution in [3.63, 3.8) is 0 Å². The Morgan fingerprint density at radius 2 is 1.71 bits per heavy atom. The Balaban J connectivity index is 1.67. The molecule has 35 heavy (non-hydrogen) atoms. The van der Waals surface area contributed by atoms with Crippen LogP contribution >= 0.6 is 11.6 Å². The lowest BCUT2D eigenvalue weighted by Crippen LogP contribution is -2.32. The van der Waals surface area contributed by atoms with Gasteiger partial charge >= 0.3 is 0 Å². The number of methoxy groups -OCH3 is 3. The summed E-state index contributed by atoms with van der Waals surface area (Å²) in [6, 6.07) is 15.8. The van der Waals surface area contributed by atoms with E-state index in [2.05, 4.69) is 5.32 Å². The van der Waals surface area contributed by atoms with Gasteiger partial charge < -0.3 is 24.4 Å². The number of carbonyl (C=O) groups excluding carboxylic acids is 2. The number of aryl methyl sites for hydroxylation is 1. The number of carbonyl (C=O) groups is 2. The maximum Gasteiger partial charge on any atom is 0.255 e. The number of halogens is 1. The SMILES string of the molecule is COc1cc(Cl)c(C)cc1NC(=O)C[C@@H](c1ccc(OC)c(OC)c1)N1Cc2ccccc2C1=O. The van der Waals surface area contributed by atoms with Crippen LogP contribution in [0.25, 0.3) is 0 Å². The van der Waals surface area contributed by atoms with Gasteiger partial charge in [0, 0.05) is 23.2 Å². The van der Waals surface area contributed by atoms with E-state index in [1.54, 1.807) is 43.4 Å². The van der Waals surface area contributed by atoms with Gasteiger partial charge in [-0.2, -0.15) is 0 Å². The molecular weight excluding hydrogens is 468 g/mol. The Morgan fingerprint density at radius 1 is 1.00 bits per heavy atom. The summed E-state index contributed by atoms with van der Waals surface area (Å²) in [5, 5.41) is 3.47. The third kappa shape index (κ3) is 4.91. The Hall–Kier alpha value is -3.71. The summed E-state index contributed by atoms with van der Waals surface area (Å²) in [4.78, 5) is 28.3.